The van der Waals surface area contributed by atoms with E-state index in [-0.39, 0.29) is 11.4 Å². The van der Waals surface area contributed by atoms with E-state index < -0.39 is 0 Å². The van der Waals surface area contributed by atoms with Crippen LogP contribution in [-0.4, -0.2) is 21.8 Å². The molecule has 1 amide bonds. The van der Waals surface area contributed by atoms with Gasteiger partial charge in [-0.15, -0.1) is 0 Å². The molecule has 5 nitrogen and oxygen atoms in total. The van der Waals surface area contributed by atoms with Crippen molar-refractivity contribution in [1.82, 2.24) is 4.98 Å². The van der Waals surface area contributed by atoms with E-state index in [1.165, 1.54) is 6.20 Å². The summed E-state index contributed by atoms with van der Waals surface area (Å²) in [6.45, 7) is 0. The van der Waals surface area contributed by atoms with Crippen molar-refractivity contribution in [2.45, 2.75) is 18.4 Å². The number of pyridine rings is 1. The lowest BCUT2D eigenvalue weighted by Gasteiger charge is -2.16. The number of hydrogen-bond acceptors (Lipinski definition) is 5. The molecule has 8 heteroatoms. The van der Waals surface area contributed by atoms with Gasteiger partial charge in [0.2, 0.25) is 0 Å². The van der Waals surface area contributed by atoms with Gasteiger partial charge in [0.15, 0.2) is 5.17 Å². The van der Waals surface area contributed by atoms with Crippen molar-refractivity contribution in [2.75, 3.05) is 11.1 Å². The Labute approximate surface area is 165 Å². The topological polar surface area (TPSA) is 80.4 Å². The lowest BCUT2D eigenvalue weighted by molar-refractivity contribution is 0.102. The van der Waals surface area contributed by atoms with E-state index in [2.05, 4.69) is 10.3 Å². The van der Waals surface area contributed by atoms with E-state index in [1.807, 2.05) is 6.07 Å². The minimum Gasteiger partial charge on any atom is -0.379 e. The van der Waals surface area contributed by atoms with Crippen molar-refractivity contribution >= 4 is 51.7 Å². The molecular weight excluding hydrogens is 391 g/mol. The second-order valence-corrected chi connectivity index (χ2v) is 8.38. The number of amides is 1. The van der Waals surface area contributed by atoms with Gasteiger partial charge in [0.1, 0.15) is 5.69 Å². The van der Waals surface area contributed by atoms with Crippen molar-refractivity contribution in [3.63, 3.8) is 0 Å². The van der Waals surface area contributed by atoms with E-state index in [9.17, 15) is 4.79 Å². The van der Waals surface area contributed by atoms with Gasteiger partial charge in [0.05, 0.1) is 10.6 Å². The molecule has 0 radical (unpaired) electrons. The van der Waals surface area contributed by atoms with Crippen LogP contribution in [-0.2, 0) is 5.54 Å². The molecule has 1 aliphatic carbocycles. The normalized spacial score (nSPS) is 24.2. The molecule has 4 rings (SSSR count). The molecule has 1 saturated carbocycles. The Bertz CT molecular complexity index is 903. The van der Waals surface area contributed by atoms with Gasteiger partial charge >= 0.3 is 0 Å². The average molecular weight is 407 g/mol. The molecule has 1 fully saturated rings. The quantitative estimate of drug-likeness (QED) is 0.795. The van der Waals surface area contributed by atoms with Crippen LogP contribution in [0.15, 0.2) is 41.5 Å². The predicted octanol–water partition coefficient (Wildman–Crippen LogP) is 4.31. The maximum Gasteiger partial charge on any atom is 0.274 e. The van der Waals surface area contributed by atoms with E-state index in [1.54, 1.807) is 36.0 Å². The van der Waals surface area contributed by atoms with Crippen LogP contribution in [0, 0.1) is 5.92 Å². The molecule has 2 unspecified atom stereocenters. The third kappa shape index (κ3) is 3.29. The standard InChI is InChI=1S/C18H16Cl2N4OS/c19-11-1-4-15(22-9-11)16(25)23-12-2-3-14(20)13(7-12)18-8-10(18)5-6-26-17(21)24-18/h1-4,7,9-10H,5-6,8H2,(H2,21,24)(H,23,25). The van der Waals surface area contributed by atoms with Crippen LogP contribution < -0.4 is 11.1 Å². The first-order chi connectivity index (χ1) is 12.5. The van der Waals surface area contributed by atoms with Crippen molar-refractivity contribution in [2.24, 2.45) is 16.6 Å². The summed E-state index contributed by atoms with van der Waals surface area (Å²) >= 11 is 13.9. The molecule has 1 aromatic carbocycles. The summed E-state index contributed by atoms with van der Waals surface area (Å²) in [5.74, 6) is 1.11. The van der Waals surface area contributed by atoms with E-state index in [4.69, 9.17) is 33.9 Å². The zero-order valence-electron chi connectivity index (χ0n) is 13.7. The fourth-order valence-corrected chi connectivity index (χ4v) is 4.59. The molecule has 2 heterocycles. The highest BCUT2D eigenvalue weighted by Crippen LogP contribution is 2.60. The third-order valence-electron chi connectivity index (χ3n) is 4.75. The number of fused-ring (bicyclic) bond motifs is 1. The van der Waals surface area contributed by atoms with Gasteiger partial charge in [0, 0.05) is 28.2 Å². The number of carbonyl (C=O) groups excluding carboxylic acids is 1. The number of amidine groups is 1. The molecule has 3 N–H and O–H groups in total. The fraction of sp³-hybridized carbons (Fsp3) is 0.278. The molecule has 2 aromatic rings. The number of carbonyl (C=O) groups is 1. The molecule has 0 spiro atoms. The van der Waals surface area contributed by atoms with E-state index >= 15 is 0 Å². The number of nitrogens with one attached hydrogen (secondary N) is 1. The molecule has 1 aliphatic heterocycles. The van der Waals surface area contributed by atoms with Gasteiger partial charge in [-0.3, -0.25) is 9.79 Å². The largest absolute Gasteiger partial charge is 0.379 e. The van der Waals surface area contributed by atoms with Crippen LogP contribution >= 0.6 is 35.0 Å². The summed E-state index contributed by atoms with van der Waals surface area (Å²) in [7, 11) is 0. The highest BCUT2D eigenvalue weighted by molar-refractivity contribution is 8.13. The Morgan fingerprint density at radius 2 is 2.15 bits per heavy atom. The van der Waals surface area contributed by atoms with Gasteiger partial charge in [-0.1, -0.05) is 35.0 Å². The highest BCUT2D eigenvalue weighted by atomic mass is 35.5. The van der Waals surface area contributed by atoms with E-state index in [0.29, 0.717) is 32.5 Å². The fourth-order valence-electron chi connectivity index (χ4n) is 3.36. The van der Waals surface area contributed by atoms with Gasteiger partial charge in [-0.05, 0) is 49.1 Å². The highest BCUT2D eigenvalue weighted by Gasteiger charge is 2.57. The number of nitrogens with two attached hydrogens (primary N) is 1. The zero-order valence-corrected chi connectivity index (χ0v) is 16.0. The van der Waals surface area contributed by atoms with Crippen LogP contribution in [0.2, 0.25) is 10.0 Å². The van der Waals surface area contributed by atoms with Crippen molar-refractivity contribution in [3.8, 4) is 0 Å². The van der Waals surface area contributed by atoms with E-state index in [0.717, 1.165) is 24.2 Å². The first-order valence-electron chi connectivity index (χ1n) is 8.19. The van der Waals surface area contributed by atoms with Crippen molar-refractivity contribution < 1.29 is 4.79 Å². The Hall–Kier alpha value is -1.76. The summed E-state index contributed by atoms with van der Waals surface area (Å²) in [6, 6.07) is 8.66. The Balaban J connectivity index is 1.62. The first-order valence-corrected chi connectivity index (χ1v) is 9.93. The first kappa shape index (κ1) is 17.6. The minimum absolute atomic E-state index is 0.293. The molecule has 0 saturated heterocycles. The number of aromatic nitrogens is 1. The number of aliphatic imine (C=N–C) groups is 1. The maximum absolute atomic E-state index is 12.4. The zero-order chi connectivity index (χ0) is 18.3. The van der Waals surface area contributed by atoms with Crippen LogP contribution in [0.25, 0.3) is 0 Å². The molecule has 26 heavy (non-hydrogen) atoms. The number of anilines is 1. The molecule has 134 valence electrons. The second-order valence-electron chi connectivity index (χ2n) is 6.42. The van der Waals surface area contributed by atoms with Crippen molar-refractivity contribution in [3.05, 3.63) is 57.8 Å². The van der Waals surface area contributed by atoms with Gasteiger partial charge in [0.25, 0.3) is 5.91 Å². The van der Waals surface area contributed by atoms with Crippen molar-refractivity contribution in [1.29, 1.82) is 0 Å². The second kappa shape index (κ2) is 6.76. The smallest absolute Gasteiger partial charge is 0.274 e. The predicted molar refractivity (Wildman–Crippen MR) is 107 cm³/mol. The Morgan fingerprint density at radius 1 is 1.31 bits per heavy atom. The SMILES string of the molecule is NC1=NC2(c3cc(NC(=O)c4ccc(Cl)cn4)ccc3Cl)CC2CCS1. The third-order valence-corrected chi connectivity index (χ3v) is 6.13. The Kier molecular flexibility index (Phi) is 4.59. The summed E-state index contributed by atoms with van der Waals surface area (Å²) in [4.78, 5) is 21.2. The van der Waals surface area contributed by atoms with Gasteiger partial charge in [-0.25, -0.2) is 4.98 Å². The van der Waals surface area contributed by atoms with Crippen LogP contribution in [0.4, 0.5) is 5.69 Å². The number of benzene rings is 1. The number of halogens is 2. The van der Waals surface area contributed by atoms with Gasteiger partial charge in [-0.2, -0.15) is 0 Å². The summed E-state index contributed by atoms with van der Waals surface area (Å²) in [5, 5.41) is 4.58. The average Bonchev–Trinajstić information content (AvgIpc) is 3.31. The van der Waals surface area contributed by atoms with Crippen LogP contribution in [0.3, 0.4) is 0 Å². The number of rotatable bonds is 3. The molecule has 2 atom stereocenters. The molecule has 2 aliphatic rings. The monoisotopic (exact) mass is 406 g/mol. The summed E-state index contributed by atoms with van der Waals surface area (Å²) in [6.07, 6.45) is 3.43. The lowest BCUT2D eigenvalue weighted by Crippen LogP contribution is -2.16. The maximum atomic E-state index is 12.4. The molecule has 0 bridgehead atoms. The molecular formula is C18H16Cl2N4OS. The molecule has 1 aromatic heterocycles. The Morgan fingerprint density at radius 3 is 2.92 bits per heavy atom. The number of thioether (sulfide) groups is 1. The van der Waals surface area contributed by atoms with Crippen LogP contribution in [0.1, 0.15) is 28.9 Å². The number of hydrogen-bond donors (Lipinski definition) is 2. The minimum atomic E-state index is -0.357. The summed E-state index contributed by atoms with van der Waals surface area (Å²) < 4.78 is 0. The lowest BCUT2D eigenvalue weighted by atomic mass is 10.0. The van der Waals surface area contributed by atoms with Crippen LogP contribution in [0.5, 0.6) is 0 Å². The summed E-state index contributed by atoms with van der Waals surface area (Å²) in [5.41, 5.74) is 7.51. The van der Waals surface area contributed by atoms with Gasteiger partial charge < -0.3 is 11.1 Å². The number of nitrogens with zero attached hydrogens (tertiary/aromatic N) is 2.